The van der Waals surface area contributed by atoms with Crippen molar-refractivity contribution in [3.8, 4) is 0 Å². The molecule has 0 bridgehead atoms. The molecule has 2 rings (SSSR count). The van der Waals surface area contributed by atoms with E-state index in [2.05, 4.69) is 42.8 Å². The van der Waals surface area contributed by atoms with Gasteiger partial charge in [-0.1, -0.05) is 18.2 Å². The minimum absolute atomic E-state index is 0.464. The van der Waals surface area contributed by atoms with Crippen molar-refractivity contribution in [2.45, 2.75) is 9.48 Å². The van der Waals surface area contributed by atoms with Crippen LogP contribution in [0.4, 0.5) is 0 Å². The standard InChI is InChI=1S/C10H10S4/c11-5-7-6-13-10(14-7)8-3-1-2-4-9(8)12/h1-4,6,10-12H,5H2. The van der Waals surface area contributed by atoms with Crippen LogP contribution in [0.1, 0.15) is 10.1 Å². The summed E-state index contributed by atoms with van der Waals surface area (Å²) in [5, 5.41) is 2.20. The van der Waals surface area contributed by atoms with Gasteiger partial charge in [0, 0.05) is 15.6 Å². The number of hydrogen-bond donors (Lipinski definition) is 2. The smallest absolute Gasteiger partial charge is 0.0847 e. The van der Waals surface area contributed by atoms with Crippen LogP contribution in [0.3, 0.4) is 0 Å². The van der Waals surface area contributed by atoms with Gasteiger partial charge in [-0.2, -0.15) is 12.6 Å². The minimum Gasteiger partial charge on any atom is -0.174 e. The molecule has 1 aromatic rings. The minimum atomic E-state index is 0.464. The fraction of sp³-hybridized carbons (Fsp3) is 0.200. The maximum absolute atomic E-state index is 4.46. The molecule has 0 nitrogen and oxygen atoms in total. The van der Waals surface area contributed by atoms with Crippen LogP contribution < -0.4 is 0 Å². The van der Waals surface area contributed by atoms with E-state index in [0.717, 1.165) is 10.6 Å². The number of hydrogen-bond acceptors (Lipinski definition) is 4. The lowest BCUT2D eigenvalue weighted by molar-refractivity contribution is 1.26. The van der Waals surface area contributed by atoms with Gasteiger partial charge in [-0.3, -0.25) is 0 Å². The molecule has 4 heteroatoms. The Hall–Kier alpha value is 0.360. The highest BCUT2D eigenvalue weighted by Crippen LogP contribution is 2.52. The molecule has 1 aliphatic heterocycles. The first kappa shape index (κ1) is 10.9. The summed E-state index contributed by atoms with van der Waals surface area (Å²) >= 11 is 12.5. The highest BCUT2D eigenvalue weighted by molar-refractivity contribution is 8.22. The summed E-state index contributed by atoms with van der Waals surface area (Å²) in [6.45, 7) is 0. The second-order valence-corrected chi connectivity index (χ2v) is 6.19. The fourth-order valence-electron chi connectivity index (χ4n) is 1.23. The first-order chi connectivity index (χ1) is 6.81. The molecule has 0 N–H and O–H groups in total. The maximum atomic E-state index is 4.46. The molecule has 0 amide bonds. The molecular formula is C10H10S4. The second kappa shape index (κ2) is 4.92. The van der Waals surface area contributed by atoms with Gasteiger partial charge >= 0.3 is 0 Å². The number of benzene rings is 1. The molecule has 0 aromatic heterocycles. The van der Waals surface area contributed by atoms with Crippen LogP contribution >= 0.6 is 48.8 Å². The zero-order valence-corrected chi connectivity index (χ0v) is 10.8. The van der Waals surface area contributed by atoms with Crippen molar-refractivity contribution in [2.75, 3.05) is 5.75 Å². The van der Waals surface area contributed by atoms with E-state index < -0.39 is 0 Å². The lowest BCUT2D eigenvalue weighted by Gasteiger charge is -2.11. The van der Waals surface area contributed by atoms with Gasteiger partial charge < -0.3 is 0 Å². The summed E-state index contributed by atoms with van der Waals surface area (Å²) in [6, 6.07) is 8.26. The largest absolute Gasteiger partial charge is 0.174 e. The Balaban J connectivity index is 2.16. The molecule has 0 aliphatic carbocycles. The second-order valence-electron chi connectivity index (χ2n) is 2.89. The van der Waals surface area contributed by atoms with Crippen molar-refractivity contribution in [3.63, 3.8) is 0 Å². The summed E-state index contributed by atoms with van der Waals surface area (Å²) in [4.78, 5) is 2.42. The number of rotatable bonds is 2. The van der Waals surface area contributed by atoms with E-state index in [4.69, 9.17) is 0 Å². The van der Waals surface area contributed by atoms with E-state index in [-0.39, 0.29) is 0 Å². The zero-order valence-electron chi connectivity index (χ0n) is 7.38. The molecule has 0 fully saturated rings. The van der Waals surface area contributed by atoms with Gasteiger partial charge in [0.25, 0.3) is 0 Å². The molecule has 1 aromatic carbocycles. The van der Waals surface area contributed by atoms with E-state index in [9.17, 15) is 0 Å². The van der Waals surface area contributed by atoms with Crippen LogP contribution in [0, 0.1) is 0 Å². The van der Waals surface area contributed by atoms with Gasteiger partial charge in [-0.15, -0.1) is 36.2 Å². The third kappa shape index (κ3) is 2.30. The van der Waals surface area contributed by atoms with E-state index >= 15 is 0 Å². The summed E-state index contributed by atoms with van der Waals surface area (Å²) in [7, 11) is 0. The number of thiol groups is 2. The normalized spacial score (nSPS) is 21.0. The first-order valence-corrected chi connectivity index (χ1v) is 7.11. The predicted octanol–water partition coefficient (Wildman–Crippen LogP) is 4.23. The Morgan fingerprint density at radius 1 is 1.29 bits per heavy atom. The molecule has 1 aliphatic rings. The summed E-state index contributed by atoms with van der Waals surface area (Å²) < 4.78 is 0.464. The van der Waals surface area contributed by atoms with E-state index in [1.54, 1.807) is 0 Å². The van der Waals surface area contributed by atoms with Crippen molar-refractivity contribution in [2.24, 2.45) is 0 Å². The zero-order chi connectivity index (χ0) is 9.97. The molecule has 0 spiro atoms. The summed E-state index contributed by atoms with van der Waals surface area (Å²) in [5.74, 6) is 0.836. The van der Waals surface area contributed by atoms with Gasteiger partial charge in [-0.05, 0) is 17.0 Å². The predicted molar refractivity (Wildman–Crippen MR) is 73.6 cm³/mol. The first-order valence-electron chi connectivity index (χ1n) is 4.21. The number of thioether (sulfide) groups is 2. The molecule has 1 heterocycles. The van der Waals surface area contributed by atoms with Gasteiger partial charge in [0.2, 0.25) is 0 Å². The topological polar surface area (TPSA) is 0 Å². The van der Waals surface area contributed by atoms with Gasteiger partial charge in [0.15, 0.2) is 0 Å². The maximum Gasteiger partial charge on any atom is 0.0847 e. The third-order valence-corrected chi connectivity index (χ3v) is 5.62. The van der Waals surface area contributed by atoms with Crippen molar-refractivity contribution < 1.29 is 0 Å². The van der Waals surface area contributed by atoms with Crippen LogP contribution in [0.2, 0.25) is 0 Å². The Morgan fingerprint density at radius 2 is 2.07 bits per heavy atom. The van der Waals surface area contributed by atoms with E-state index in [1.807, 2.05) is 35.7 Å². The van der Waals surface area contributed by atoms with Gasteiger partial charge in [-0.25, -0.2) is 0 Å². The molecular weight excluding hydrogens is 248 g/mol. The Kier molecular flexibility index (Phi) is 3.82. The monoisotopic (exact) mass is 258 g/mol. The Morgan fingerprint density at radius 3 is 2.71 bits per heavy atom. The lowest BCUT2D eigenvalue weighted by atomic mass is 10.2. The molecule has 1 atom stereocenters. The molecule has 74 valence electrons. The van der Waals surface area contributed by atoms with Crippen LogP contribution in [-0.4, -0.2) is 5.75 Å². The molecule has 0 radical (unpaired) electrons. The van der Waals surface area contributed by atoms with Gasteiger partial charge in [0.05, 0.1) is 4.58 Å². The summed E-state index contributed by atoms with van der Waals surface area (Å²) in [5.41, 5.74) is 1.30. The highest BCUT2D eigenvalue weighted by Gasteiger charge is 2.20. The SMILES string of the molecule is SCC1=CSC(c2ccccc2S)S1. The van der Waals surface area contributed by atoms with Crippen LogP contribution in [0.5, 0.6) is 0 Å². The van der Waals surface area contributed by atoms with Crippen molar-refractivity contribution in [1.29, 1.82) is 0 Å². The highest BCUT2D eigenvalue weighted by atomic mass is 32.2. The molecule has 1 unspecified atom stereocenters. The van der Waals surface area contributed by atoms with Crippen molar-refractivity contribution >= 4 is 48.8 Å². The van der Waals surface area contributed by atoms with Crippen LogP contribution in [0.25, 0.3) is 0 Å². The van der Waals surface area contributed by atoms with Crippen molar-refractivity contribution in [1.82, 2.24) is 0 Å². The Bertz CT molecular complexity index is 359. The van der Waals surface area contributed by atoms with Crippen LogP contribution in [-0.2, 0) is 0 Å². The van der Waals surface area contributed by atoms with E-state index in [0.29, 0.717) is 4.58 Å². The average molecular weight is 258 g/mol. The Labute approximate surface area is 104 Å². The molecule has 0 saturated heterocycles. The third-order valence-electron chi connectivity index (χ3n) is 1.93. The lowest BCUT2D eigenvalue weighted by Crippen LogP contribution is -1.87. The fourth-order valence-corrected chi connectivity index (χ4v) is 4.67. The average Bonchev–Trinajstić information content (AvgIpc) is 2.67. The molecule has 0 saturated carbocycles. The van der Waals surface area contributed by atoms with Gasteiger partial charge in [0.1, 0.15) is 0 Å². The van der Waals surface area contributed by atoms with E-state index in [1.165, 1.54) is 10.5 Å². The molecule has 14 heavy (non-hydrogen) atoms. The summed E-state index contributed by atoms with van der Waals surface area (Å²) in [6.07, 6.45) is 0. The quantitative estimate of drug-likeness (QED) is 0.762. The van der Waals surface area contributed by atoms with Crippen molar-refractivity contribution in [3.05, 3.63) is 40.1 Å². The van der Waals surface area contributed by atoms with Crippen LogP contribution in [0.15, 0.2) is 39.5 Å².